The Kier molecular flexibility index (Phi) is 11.6. The summed E-state index contributed by atoms with van der Waals surface area (Å²) >= 11 is 0. The number of amides is 2. The maximum Gasteiger partial charge on any atom is 0.410 e. The van der Waals surface area contributed by atoms with Gasteiger partial charge in [-0.2, -0.15) is 0 Å². The molecule has 0 radical (unpaired) electrons. The summed E-state index contributed by atoms with van der Waals surface area (Å²) in [5, 5.41) is 2.95. The molecule has 44 heavy (non-hydrogen) atoms. The first-order valence-electron chi connectivity index (χ1n) is 18.4. The Balaban J connectivity index is 1.44. The van der Waals surface area contributed by atoms with E-state index in [-0.39, 0.29) is 23.5 Å². The highest BCUT2D eigenvalue weighted by molar-refractivity contribution is 5.76. The van der Waals surface area contributed by atoms with E-state index in [1.54, 1.807) is 5.57 Å². The SMILES string of the molecule is CC(C)CCC[C@@H](C)C1CC[C@H]2[C@H]3CC=C4C[C@@H](N(CCCNC(=O)CCN)C(=O)OC(C)(C)C)CCC4(C)C3CCC12C. The third kappa shape index (κ3) is 7.86. The molecule has 0 aromatic rings. The van der Waals surface area contributed by atoms with Crippen LogP contribution in [0, 0.1) is 46.3 Å². The van der Waals surface area contributed by atoms with Crippen LogP contribution in [0.25, 0.3) is 0 Å². The molecule has 2 amide bonds. The Bertz CT molecular complexity index is 1020. The van der Waals surface area contributed by atoms with Crippen molar-refractivity contribution >= 4 is 12.0 Å². The van der Waals surface area contributed by atoms with Gasteiger partial charge in [-0.1, -0.05) is 65.5 Å². The van der Waals surface area contributed by atoms with Crippen LogP contribution in [-0.4, -0.2) is 48.2 Å². The standard InChI is InChI=1S/C38H67N3O3/c1-26(2)11-9-12-27(3)31-15-16-32-30-14-13-28-25-29(17-20-37(28,7)33(30)18-21-38(31,32)8)41(35(43)44-36(4,5)6)24-10-23-40-34(42)19-22-39/h13,26-27,29-33H,9-12,14-25,39H2,1-8H3,(H,40,42)/t27-,29+,30-,31?,32+,33?,37?,38?/m1/s1. The van der Waals surface area contributed by atoms with Gasteiger partial charge in [0, 0.05) is 32.1 Å². The van der Waals surface area contributed by atoms with Gasteiger partial charge in [0.1, 0.15) is 5.60 Å². The van der Waals surface area contributed by atoms with E-state index < -0.39 is 5.60 Å². The van der Waals surface area contributed by atoms with E-state index >= 15 is 0 Å². The van der Waals surface area contributed by atoms with Crippen molar-refractivity contribution in [3.05, 3.63) is 11.6 Å². The van der Waals surface area contributed by atoms with Crippen molar-refractivity contribution in [3.8, 4) is 0 Å². The maximum absolute atomic E-state index is 13.5. The monoisotopic (exact) mass is 614 g/mol. The molecule has 0 saturated heterocycles. The van der Waals surface area contributed by atoms with Gasteiger partial charge in [0.15, 0.2) is 0 Å². The first-order chi connectivity index (χ1) is 20.7. The zero-order valence-corrected chi connectivity index (χ0v) is 29.7. The van der Waals surface area contributed by atoms with Crippen molar-refractivity contribution in [1.29, 1.82) is 0 Å². The lowest BCUT2D eigenvalue weighted by Gasteiger charge is -2.59. The lowest BCUT2D eigenvalue weighted by molar-refractivity contribution is -0.120. The number of carbonyl (C=O) groups excluding carboxylic acids is 2. The highest BCUT2D eigenvalue weighted by atomic mass is 16.6. The van der Waals surface area contributed by atoms with E-state index in [1.807, 2.05) is 25.7 Å². The fourth-order valence-corrected chi connectivity index (χ4v) is 10.4. The van der Waals surface area contributed by atoms with Gasteiger partial charge in [0.05, 0.1) is 0 Å². The fourth-order valence-electron chi connectivity index (χ4n) is 10.4. The van der Waals surface area contributed by atoms with Crippen LogP contribution in [0.5, 0.6) is 0 Å². The summed E-state index contributed by atoms with van der Waals surface area (Å²) in [6.45, 7) is 19.8. The van der Waals surface area contributed by atoms with E-state index in [0.29, 0.717) is 37.9 Å². The van der Waals surface area contributed by atoms with Crippen LogP contribution in [-0.2, 0) is 9.53 Å². The Morgan fingerprint density at radius 2 is 1.80 bits per heavy atom. The van der Waals surface area contributed by atoms with Crippen LogP contribution in [0.1, 0.15) is 139 Å². The topological polar surface area (TPSA) is 84.7 Å². The summed E-state index contributed by atoms with van der Waals surface area (Å²) in [7, 11) is 0. The number of allylic oxidation sites excluding steroid dienone is 1. The van der Waals surface area contributed by atoms with E-state index in [9.17, 15) is 9.59 Å². The van der Waals surface area contributed by atoms with Crippen LogP contribution < -0.4 is 11.1 Å². The van der Waals surface area contributed by atoms with Gasteiger partial charge in [-0.25, -0.2) is 4.79 Å². The zero-order chi connectivity index (χ0) is 32.3. The summed E-state index contributed by atoms with van der Waals surface area (Å²) in [6, 6.07) is 0.150. The number of ether oxygens (including phenoxy) is 1. The first kappa shape index (κ1) is 35.3. The number of nitrogens with one attached hydrogen (secondary N) is 1. The molecule has 0 aliphatic heterocycles. The second-order valence-corrected chi connectivity index (χ2v) is 17.1. The molecule has 0 aromatic carbocycles. The van der Waals surface area contributed by atoms with Crippen molar-refractivity contribution in [1.82, 2.24) is 10.2 Å². The Hall–Kier alpha value is -1.56. The zero-order valence-electron chi connectivity index (χ0n) is 29.7. The number of fused-ring (bicyclic) bond motifs is 5. The lowest BCUT2D eigenvalue weighted by atomic mass is 9.46. The summed E-state index contributed by atoms with van der Waals surface area (Å²) in [5.41, 5.74) is 7.33. The Labute approximate surface area is 270 Å². The molecule has 4 aliphatic rings. The Morgan fingerprint density at radius 1 is 1.05 bits per heavy atom. The van der Waals surface area contributed by atoms with Gasteiger partial charge >= 0.3 is 6.09 Å². The largest absolute Gasteiger partial charge is 0.444 e. The number of hydrogen-bond acceptors (Lipinski definition) is 4. The highest BCUT2D eigenvalue weighted by Gasteiger charge is 2.59. The van der Waals surface area contributed by atoms with Gasteiger partial charge in [-0.3, -0.25) is 4.79 Å². The summed E-state index contributed by atoms with van der Waals surface area (Å²) in [6.07, 6.45) is 17.6. The summed E-state index contributed by atoms with van der Waals surface area (Å²) in [5.74, 6) is 4.96. The van der Waals surface area contributed by atoms with Crippen molar-refractivity contribution in [2.75, 3.05) is 19.6 Å². The fraction of sp³-hybridized carbons (Fsp3) is 0.895. The average molecular weight is 614 g/mol. The molecule has 4 unspecified atom stereocenters. The number of nitrogens with two attached hydrogens (primary N) is 1. The molecular formula is C38H67N3O3. The van der Waals surface area contributed by atoms with Crippen LogP contribution in [0.3, 0.4) is 0 Å². The second-order valence-electron chi connectivity index (χ2n) is 17.1. The molecule has 6 heteroatoms. The van der Waals surface area contributed by atoms with Crippen molar-refractivity contribution in [3.63, 3.8) is 0 Å². The van der Waals surface area contributed by atoms with Crippen molar-refractivity contribution in [2.45, 2.75) is 151 Å². The van der Waals surface area contributed by atoms with Crippen molar-refractivity contribution in [2.24, 2.45) is 52.1 Å². The summed E-state index contributed by atoms with van der Waals surface area (Å²) < 4.78 is 5.90. The van der Waals surface area contributed by atoms with Crippen LogP contribution in [0.4, 0.5) is 4.79 Å². The molecule has 3 N–H and O–H groups in total. The smallest absolute Gasteiger partial charge is 0.410 e. The number of carbonyl (C=O) groups is 2. The molecule has 0 heterocycles. The highest BCUT2D eigenvalue weighted by Crippen LogP contribution is 2.67. The third-order valence-corrected chi connectivity index (χ3v) is 12.6. The average Bonchev–Trinajstić information content (AvgIpc) is 3.29. The lowest BCUT2D eigenvalue weighted by Crippen LogP contribution is -2.53. The molecule has 8 atom stereocenters. The van der Waals surface area contributed by atoms with Gasteiger partial charge < -0.3 is 20.7 Å². The molecule has 3 saturated carbocycles. The minimum absolute atomic E-state index is 0.0237. The number of rotatable bonds is 12. The normalized spacial score (nSPS) is 34.0. The predicted octanol–water partition coefficient (Wildman–Crippen LogP) is 8.49. The van der Waals surface area contributed by atoms with Crippen LogP contribution in [0.2, 0.25) is 0 Å². The predicted molar refractivity (Wildman–Crippen MR) is 181 cm³/mol. The molecule has 6 nitrogen and oxygen atoms in total. The molecule has 3 fully saturated rings. The first-order valence-corrected chi connectivity index (χ1v) is 18.4. The van der Waals surface area contributed by atoms with Gasteiger partial charge in [0.2, 0.25) is 5.91 Å². The molecule has 0 spiro atoms. The van der Waals surface area contributed by atoms with Gasteiger partial charge in [0.25, 0.3) is 0 Å². The van der Waals surface area contributed by atoms with E-state index in [1.165, 1.54) is 51.4 Å². The molecule has 0 bridgehead atoms. The van der Waals surface area contributed by atoms with Gasteiger partial charge in [-0.15, -0.1) is 0 Å². The quantitative estimate of drug-likeness (QED) is 0.171. The molecule has 4 aliphatic carbocycles. The van der Waals surface area contributed by atoms with Gasteiger partial charge in [-0.05, 0) is 125 Å². The minimum Gasteiger partial charge on any atom is -0.444 e. The molecule has 0 aromatic heterocycles. The molecular weight excluding hydrogens is 546 g/mol. The maximum atomic E-state index is 13.5. The molecule has 252 valence electrons. The van der Waals surface area contributed by atoms with E-state index in [0.717, 1.165) is 54.8 Å². The van der Waals surface area contributed by atoms with Crippen LogP contribution in [0.15, 0.2) is 11.6 Å². The Morgan fingerprint density at radius 3 is 2.48 bits per heavy atom. The number of nitrogens with zero attached hydrogens (tertiary/aromatic N) is 1. The van der Waals surface area contributed by atoms with Crippen molar-refractivity contribution < 1.29 is 14.3 Å². The number of hydrogen-bond donors (Lipinski definition) is 2. The second kappa shape index (κ2) is 14.5. The van der Waals surface area contributed by atoms with E-state index in [4.69, 9.17) is 10.5 Å². The summed E-state index contributed by atoms with van der Waals surface area (Å²) in [4.78, 5) is 27.4. The van der Waals surface area contributed by atoms with Crippen LogP contribution >= 0.6 is 0 Å². The molecule has 4 rings (SSSR count). The third-order valence-electron chi connectivity index (χ3n) is 12.6. The van der Waals surface area contributed by atoms with E-state index in [2.05, 4.69) is 46.0 Å². The minimum atomic E-state index is -0.537.